The average molecular weight is 314 g/mol. The molecule has 3 heteroatoms. The monoisotopic (exact) mass is 313 g/mol. The SMILES string of the molecule is CCCCCCCCNC(CCN)NCCCCCCCC. The van der Waals surface area contributed by atoms with E-state index in [1.807, 2.05) is 0 Å². The zero-order valence-electron chi connectivity index (χ0n) is 15.5. The quantitative estimate of drug-likeness (QED) is 0.257. The van der Waals surface area contributed by atoms with Crippen LogP contribution in [0.4, 0.5) is 0 Å². The van der Waals surface area contributed by atoms with Gasteiger partial charge in [0, 0.05) is 0 Å². The number of hydrogen-bond acceptors (Lipinski definition) is 3. The van der Waals surface area contributed by atoms with Crippen LogP contribution in [0.3, 0.4) is 0 Å². The molecule has 0 radical (unpaired) electrons. The van der Waals surface area contributed by atoms with Crippen LogP contribution in [0.5, 0.6) is 0 Å². The van der Waals surface area contributed by atoms with Crippen molar-refractivity contribution >= 4 is 0 Å². The van der Waals surface area contributed by atoms with Crippen molar-refractivity contribution in [2.24, 2.45) is 5.73 Å². The third-order valence-corrected chi connectivity index (χ3v) is 4.30. The minimum atomic E-state index is 0.413. The predicted molar refractivity (Wildman–Crippen MR) is 100 cm³/mol. The lowest BCUT2D eigenvalue weighted by Gasteiger charge is -2.19. The molecule has 134 valence electrons. The molecule has 0 saturated heterocycles. The van der Waals surface area contributed by atoms with Gasteiger partial charge in [0.1, 0.15) is 0 Å². The first-order valence-corrected chi connectivity index (χ1v) is 10.0. The smallest absolute Gasteiger partial charge is 0.0583 e. The van der Waals surface area contributed by atoms with Crippen LogP contribution in [0.25, 0.3) is 0 Å². The topological polar surface area (TPSA) is 50.1 Å². The molecule has 4 N–H and O–H groups in total. The minimum absolute atomic E-state index is 0.413. The van der Waals surface area contributed by atoms with Gasteiger partial charge >= 0.3 is 0 Å². The lowest BCUT2D eigenvalue weighted by Crippen LogP contribution is -2.44. The lowest BCUT2D eigenvalue weighted by molar-refractivity contribution is 0.392. The molecule has 0 aromatic heterocycles. The van der Waals surface area contributed by atoms with Crippen molar-refractivity contribution in [2.75, 3.05) is 19.6 Å². The van der Waals surface area contributed by atoms with Crippen LogP contribution in [0.15, 0.2) is 0 Å². The molecule has 0 aromatic carbocycles. The molecule has 0 bridgehead atoms. The van der Waals surface area contributed by atoms with E-state index in [1.165, 1.54) is 77.0 Å². The summed E-state index contributed by atoms with van der Waals surface area (Å²) >= 11 is 0. The Balaban J connectivity index is 3.44. The van der Waals surface area contributed by atoms with Crippen molar-refractivity contribution in [3.8, 4) is 0 Å². The molecular weight excluding hydrogens is 270 g/mol. The largest absolute Gasteiger partial charge is 0.330 e. The van der Waals surface area contributed by atoms with Crippen molar-refractivity contribution in [2.45, 2.75) is 103 Å². The summed E-state index contributed by atoms with van der Waals surface area (Å²) in [7, 11) is 0. The summed E-state index contributed by atoms with van der Waals surface area (Å²) in [6.45, 7) is 7.56. The fourth-order valence-electron chi connectivity index (χ4n) is 2.81. The van der Waals surface area contributed by atoms with Crippen molar-refractivity contribution in [1.29, 1.82) is 0 Å². The molecule has 0 saturated carbocycles. The molecule has 3 nitrogen and oxygen atoms in total. The zero-order valence-corrected chi connectivity index (χ0v) is 15.5. The van der Waals surface area contributed by atoms with Gasteiger partial charge in [-0.2, -0.15) is 0 Å². The molecule has 0 spiro atoms. The van der Waals surface area contributed by atoms with E-state index in [2.05, 4.69) is 24.5 Å². The fraction of sp³-hybridized carbons (Fsp3) is 1.00. The summed E-state index contributed by atoms with van der Waals surface area (Å²) in [5, 5.41) is 7.26. The molecule has 0 heterocycles. The van der Waals surface area contributed by atoms with Gasteiger partial charge in [-0.15, -0.1) is 0 Å². The third kappa shape index (κ3) is 16.3. The number of nitrogens with two attached hydrogens (primary N) is 1. The van der Waals surface area contributed by atoms with Gasteiger partial charge in [-0.3, -0.25) is 0 Å². The minimum Gasteiger partial charge on any atom is -0.330 e. The Morgan fingerprint density at radius 2 is 1.05 bits per heavy atom. The highest BCUT2D eigenvalue weighted by atomic mass is 15.1. The van der Waals surface area contributed by atoms with Crippen LogP contribution in [0, 0.1) is 0 Å². The first-order chi connectivity index (χ1) is 10.8. The highest BCUT2D eigenvalue weighted by Crippen LogP contribution is 2.05. The highest BCUT2D eigenvalue weighted by molar-refractivity contribution is 4.65. The average Bonchev–Trinajstić information content (AvgIpc) is 2.53. The Labute approximate surface area is 140 Å². The lowest BCUT2D eigenvalue weighted by atomic mass is 10.1. The summed E-state index contributed by atoms with van der Waals surface area (Å²) in [6, 6.07) is 0. The molecule has 0 rings (SSSR count). The molecule has 0 unspecified atom stereocenters. The first-order valence-electron chi connectivity index (χ1n) is 10.0. The molecule has 0 aromatic rings. The molecule has 0 aliphatic rings. The summed E-state index contributed by atoms with van der Waals surface area (Å²) in [5.41, 5.74) is 5.72. The van der Waals surface area contributed by atoms with Gasteiger partial charge in [-0.25, -0.2) is 0 Å². The van der Waals surface area contributed by atoms with Crippen molar-refractivity contribution in [3.63, 3.8) is 0 Å². The summed E-state index contributed by atoms with van der Waals surface area (Å²) in [6.07, 6.45) is 17.8. The van der Waals surface area contributed by atoms with Crippen molar-refractivity contribution in [1.82, 2.24) is 10.6 Å². The number of unbranched alkanes of at least 4 members (excludes halogenated alkanes) is 10. The van der Waals surface area contributed by atoms with Crippen LogP contribution in [0.2, 0.25) is 0 Å². The molecular formula is C19H43N3. The van der Waals surface area contributed by atoms with Gasteiger partial charge in [-0.05, 0) is 38.9 Å². The van der Waals surface area contributed by atoms with Crippen molar-refractivity contribution in [3.05, 3.63) is 0 Å². The zero-order chi connectivity index (χ0) is 16.3. The Hall–Kier alpha value is -0.120. The van der Waals surface area contributed by atoms with Gasteiger partial charge < -0.3 is 16.4 Å². The standard InChI is InChI=1S/C19H43N3/c1-3-5-7-9-11-13-17-21-19(15-16-20)22-18-14-12-10-8-6-4-2/h19,21-22H,3-18,20H2,1-2H3. The van der Waals surface area contributed by atoms with Crippen LogP contribution in [-0.2, 0) is 0 Å². The second-order valence-corrected chi connectivity index (χ2v) is 6.57. The van der Waals surface area contributed by atoms with E-state index in [4.69, 9.17) is 5.73 Å². The maximum atomic E-state index is 5.72. The molecule has 0 aliphatic carbocycles. The maximum absolute atomic E-state index is 5.72. The molecule has 0 atom stereocenters. The third-order valence-electron chi connectivity index (χ3n) is 4.30. The summed E-state index contributed by atoms with van der Waals surface area (Å²) in [5.74, 6) is 0. The van der Waals surface area contributed by atoms with Crippen LogP contribution in [0.1, 0.15) is 97.3 Å². The Kier molecular flexibility index (Phi) is 18.8. The van der Waals surface area contributed by atoms with Crippen LogP contribution < -0.4 is 16.4 Å². The van der Waals surface area contributed by atoms with E-state index < -0.39 is 0 Å². The maximum Gasteiger partial charge on any atom is 0.0583 e. The van der Waals surface area contributed by atoms with E-state index in [0.29, 0.717) is 6.17 Å². The van der Waals surface area contributed by atoms with Gasteiger partial charge in [0.2, 0.25) is 0 Å². The van der Waals surface area contributed by atoms with Crippen LogP contribution in [-0.4, -0.2) is 25.8 Å². The molecule has 0 fully saturated rings. The van der Waals surface area contributed by atoms with Gasteiger partial charge in [0.05, 0.1) is 6.17 Å². The Morgan fingerprint density at radius 1 is 0.636 bits per heavy atom. The van der Waals surface area contributed by atoms with Crippen LogP contribution >= 0.6 is 0 Å². The molecule has 22 heavy (non-hydrogen) atoms. The second kappa shape index (κ2) is 18.9. The van der Waals surface area contributed by atoms with Gasteiger partial charge in [0.25, 0.3) is 0 Å². The molecule has 0 aliphatic heterocycles. The number of hydrogen-bond donors (Lipinski definition) is 3. The van der Waals surface area contributed by atoms with E-state index in [-0.39, 0.29) is 0 Å². The van der Waals surface area contributed by atoms with E-state index in [0.717, 1.165) is 26.1 Å². The summed E-state index contributed by atoms with van der Waals surface area (Å²) < 4.78 is 0. The van der Waals surface area contributed by atoms with Crippen molar-refractivity contribution < 1.29 is 0 Å². The second-order valence-electron chi connectivity index (χ2n) is 6.57. The predicted octanol–water partition coefficient (Wildman–Crippen LogP) is 4.56. The van der Waals surface area contributed by atoms with E-state index in [9.17, 15) is 0 Å². The summed E-state index contributed by atoms with van der Waals surface area (Å²) in [4.78, 5) is 0. The highest BCUT2D eigenvalue weighted by Gasteiger charge is 2.05. The van der Waals surface area contributed by atoms with Gasteiger partial charge in [0.15, 0.2) is 0 Å². The van der Waals surface area contributed by atoms with E-state index >= 15 is 0 Å². The molecule has 0 amide bonds. The Morgan fingerprint density at radius 3 is 1.45 bits per heavy atom. The normalized spacial score (nSPS) is 11.5. The number of rotatable bonds is 18. The number of nitrogens with one attached hydrogen (secondary N) is 2. The Bertz CT molecular complexity index is 179. The van der Waals surface area contributed by atoms with E-state index in [1.54, 1.807) is 0 Å². The van der Waals surface area contributed by atoms with Gasteiger partial charge in [-0.1, -0.05) is 78.1 Å². The fourth-order valence-corrected chi connectivity index (χ4v) is 2.81. The first kappa shape index (κ1) is 21.9.